The van der Waals surface area contributed by atoms with Crippen molar-refractivity contribution in [2.45, 2.75) is 70.6 Å². The van der Waals surface area contributed by atoms with Crippen LogP contribution in [0.1, 0.15) is 53.4 Å². The van der Waals surface area contributed by atoms with E-state index in [1.165, 1.54) is 0 Å². The van der Waals surface area contributed by atoms with Crippen LogP contribution < -0.4 is 0 Å². The fourth-order valence-corrected chi connectivity index (χ4v) is 3.97. The third kappa shape index (κ3) is 2.15. The Kier molecular flexibility index (Phi) is 2.52. The Morgan fingerprint density at radius 3 is 2.06 bits per heavy atom. The second-order valence-electron chi connectivity index (χ2n) is 7.24. The molecule has 0 aromatic rings. The van der Waals surface area contributed by atoms with Crippen LogP contribution in [0, 0.1) is 5.41 Å². The van der Waals surface area contributed by atoms with Gasteiger partial charge in [-0.05, 0) is 58.8 Å². The SMILES string of the molecule is CC1(O)CC2(CC(N(C(=O)O)C(C)(C)C)C2)C1. The molecule has 0 aliphatic heterocycles. The fourth-order valence-electron chi connectivity index (χ4n) is 3.97. The lowest BCUT2D eigenvalue weighted by atomic mass is 9.48. The molecule has 4 heteroatoms. The molecule has 2 rings (SSSR count). The van der Waals surface area contributed by atoms with Crippen molar-refractivity contribution >= 4 is 6.09 Å². The predicted molar refractivity (Wildman–Crippen MR) is 64.9 cm³/mol. The van der Waals surface area contributed by atoms with Crippen LogP contribution in [-0.4, -0.2) is 38.4 Å². The lowest BCUT2D eigenvalue weighted by Crippen LogP contribution is -2.65. The highest BCUT2D eigenvalue weighted by molar-refractivity contribution is 5.66. The zero-order chi connectivity index (χ0) is 13.1. The second-order valence-corrected chi connectivity index (χ2v) is 7.24. The summed E-state index contributed by atoms with van der Waals surface area (Å²) in [4.78, 5) is 12.9. The molecule has 2 aliphatic rings. The summed E-state index contributed by atoms with van der Waals surface area (Å²) in [6.07, 6.45) is 2.64. The average molecular weight is 241 g/mol. The van der Waals surface area contributed by atoms with E-state index in [0.29, 0.717) is 0 Å². The van der Waals surface area contributed by atoms with Crippen molar-refractivity contribution in [1.29, 1.82) is 0 Å². The Balaban J connectivity index is 1.97. The van der Waals surface area contributed by atoms with Gasteiger partial charge in [-0.25, -0.2) is 4.79 Å². The van der Waals surface area contributed by atoms with Crippen molar-refractivity contribution in [3.05, 3.63) is 0 Å². The van der Waals surface area contributed by atoms with Gasteiger partial charge in [-0.2, -0.15) is 0 Å². The van der Waals surface area contributed by atoms with E-state index in [4.69, 9.17) is 0 Å². The number of hydrogen-bond acceptors (Lipinski definition) is 2. The molecule has 0 radical (unpaired) electrons. The normalized spacial score (nSPS) is 40.6. The van der Waals surface area contributed by atoms with Gasteiger partial charge in [-0.1, -0.05) is 0 Å². The molecule has 1 amide bonds. The lowest BCUT2D eigenvalue weighted by Gasteiger charge is -2.63. The van der Waals surface area contributed by atoms with Gasteiger partial charge in [0, 0.05) is 11.6 Å². The highest BCUT2D eigenvalue weighted by Crippen LogP contribution is 2.61. The summed E-state index contributed by atoms with van der Waals surface area (Å²) >= 11 is 0. The van der Waals surface area contributed by atoms with Crippen molar-refractivity contribution < 1.29 is 15.0 Å². The van der Waals surface area contributed by atoms with Gasteiger partial charge in [-0.15, -0.1) is 0 Å². The highest BCUT2D eigenvalue weighted by atomic mass is 16.4. The predicted octanol–water partition coefficient (Wildman–Crippen LogP) is 2.46. The average Bonchev–Trinajstić information content (AvgIpc) is 1.92. The van der Waals surface area contributed by atoms with Gasteiger partial charge in [0.1, 0.15) is 0 Å². The summed E-state index contributed by atoms with van der Waals surface area (Å²) in [5, 5.41) is 19.1. The molecule has 2 fully saturated rings. The van der Waals surface area contributed by atoms with E-state index in [1.807, 2.05) is 27.7 Å². The molecule has 4 nitrogen and oxygen atoms in total. The number of carbonyl (C=O) groups is 1. The summed E-state index contributed by atoms with van der Waals surface area (Å²) in [6, 6.07) is 0.128. The Bertz CT molecular complexity index is 327. The molecular weight excluding hydrogens is 218 g/mol. The van der Waals surface area contributed by atoms with Gasteiger partial charge in [-0.3, -0.25) is 0 Å². The summed E-state index contributed by atoms with van der Waals surface area (Å²) in [5.41, 5.74) is -0.627. The first kappa shape index (κ1) is 12.7. The minimum Gasteiger partial charge on any atom is -0.465 e. The molecule has 0 unspecified atom stereocenters. The van der Waals surface area contributed by atoms with Crippen molar-refractivity contribution in [1.82, 2.24) is 4.90 Å². The van der Waals surface area contributed by atoms with Crippen LogP contribution in [-0.2, 0) is 0 Å². The molecular formula is C13H23NO3. The van der Waals surface area contributed by atoms with Crippen LogP contribution in [0.2, 0.25) is 0 Å². The first-order chi connectivity index (χ1) is 7.55. The first-order valence-electron chi connectivity index (χ1n) is 6.29. The smallest absolute Gasteiger partial charge is 0.407 e. The minimum atomic E-state index is -0.830. The summed E-state index contributed by atoms with van der Waals surface area (Å²) in [5.74, 6) is 0. The second kappa shape index (κ2) is 3.37. The van der Waals surface area contributed by atoms with Crippen LogP contribution in [0.15, 0.2) is 0 Å². The maximum atomic E-state index is 11.3. The van der Waals surface area contributed by atoms with Crippen molar-refractivity contribution in [2.24, 2.45) is 5.41 Å². The molecule has 0 bridgehead atoms. The van der Waals surface area contributed by atoms with Crippen LogP contribution in [0.3, 0.4) is 0 Å². The Labute approximate surface area is 103 Å². The standard InChI is InChI=1S/C13H23NO3/c1-11(2,3)14(10(15)16)9-5-13(6-9)7-12(4,17)8-13/h9,17H,5-8H2,1-4H3,(H,15,16). The number of aliphatic hydroxyl groups is 1. The molecule has 1 spiro atoms. The number of hydrogen-bond donors (Lipinski definition) is 2. The van der Waals surface area contributed by atoms with Gasteiger partial charge < -0.3 is 15.1 Å². The number of nitrogens with zero attached hydrogens (tertiary/aromatic N) is 1. The quantitative estimate of drug-likeness (QED) is 0.741. The van der Waals surface area contributed by atoms with E-state index in [-0.39, 0.29) is 17.0 Å². The van der Waals surface area contributed by atoms with Gasteiger partial charge in [0.05, 0.1) is 5.60 Å². The zero-order valence-corrected chi connectivity index (χ0v) is 11.2. The van der Waals surface area contributed by atoms with E-state index >= 15 is 0 Å². The molecule has 0 atom stereocenters. The van der Waals surface area contributed by atoms with Crippen molar-refractivity contribution in [2.75, 3.05) is 0 Å². The van der Waals surface area contributed by atoms with E-state index in [2.05, 4.69) is 0 Å². The molecule has 2 aliphatic carbocycles. The van der Waals surface area contributed by atoms with Crippen LogP contribution in [0.25, 0.3) is 0 Å². The maximum absolute atomic E-state index is 11.3. The van der Waals surface area contributed by atoms with Crippen molar-refractivity contribution in [3.8, 4) is 0 Å². The first-order valence-corrected chi connectivity index (χ1v) is 6.29. The molecule has 0 saturated heterocycles. The van der Waals surface area contributed by atoms with Gasteiger partial charge in [0.2, 0.25) is 0 Å². The van der Waals surface area contributed by atoms with Crippen molar-refractivity contribution in [3.63, 3.8) is 0 Å². The van der Waals surface area contributed by atoms with E-state index in [9.17, 15) is 15.0 Å². The monoisotopic (exact) mass is 241 g/mol. The Hall–Kier alpha value is -0.770. The van der Waals surface area contributed by atoms with Gasteiger partial charge >= 0.3 is 6.09 Å². The fraction of sp³-hybridized carbons (Fsp3) is 0.923. The Morgan fingerprint density at radius 2 is 1.76 bits per heavy atom. The minimum absolute atomic E-state index is 0.128. The topological polar surface area (TPSA) is 60.8 Å². The number of amides is 1. The summed E-state index contributed by atoms with van der Waals surface area (Å²) in [7, 11) is 0. The van der Waals surface area contributed by atoms with E-state index < -0.39 is 11.7 Å². The summed E-state index contributed by atoms with van der Waals surface area (Å²) < 4.78 is 0. The number of carboxylic acid groups (broad SMARTS) is 1. The van der Waals surface area contributed by atoms with E-state index in [0.717, 1.165) is 25.7 Å². The van der Waals surface area contributed by atoms with E-state index in [1.54, 1.807) is 4.90 Å². The van der Waals surface area contributed by atoms with Crippen LogP contribution in [0.5, 0.6) is 0 Å². The molecule has 0 aromatic heterocycles. The molecule has 2 saturated carbocycles. The lowest BCUT2D eigenvalue weighted by molar-refractivity contribution is -0.178. The zero-order valence-electron chi connectivity index (χ0n) is 11.2. The molecule has 17 heavy (non-hydrogen) atoms. The Morgan fingerprint density at radius 1 is 1.29 bits per heavy atom. The molecule has 98 valence electrons. The molecule has 0 heterocycles. The molecule has 0 aromatic carbocycles. The third-order valence-corrected chi connectivity index (χ3v) is 4.14. The van der Waals surface area contributed by atoms with Gasteiger partial charge in [0.15, 0.2) is 0 Å². The van der Waals surface area contributed by atoms with Crippen LogP contribution >= 0.6 is 0 Å². The highest BCUT2D eigenvalue weighted by Gasteiger charge is 2.60. The maximum Gasteiger partial charge on any atom is 0.407 e. The number of rotatable bonds is 1. The summed E-state index contributed by atoms with van der Waals surface area (Å²) in [6.45, 7) is 7.67. The largest absolute Gasteiger partial charge is 0.465 e. The third-order valence-electron chi connectivity index (χ3n) is 4.14. The van der Waals surface area contributed by atoms with Crippen LogP contribution in [0.4, 0.5) is 4.79 Å². The molecule has 2 N–H and O–H groups in total. The van der Waals surface area contributed by atoms with Gasteiger partial charge in [0.25, 0.3) is 0 Å².